The molecule has 0 saturated carbocycles. The Kier molecular flexibility index (Phi) is 11.6. The van der Waals surface area contributed by atoms with Gasteiger partial charge in [0.05, 0.1) is 0 Å². The summed E-state index contributed by atoms with van der Waals surface area (Å²) in [6.07, 6.45) is 0. The summed E-state index contributed by atoms with van der Waals surface area (Å²) in [7, 11) is 0.753. The van der Waals surface area contributed by atoms with E-state index in [-0.39, 0.29) is 0 Å². The van der Waals surface area contributed by atoms with Gasteiger partial charge in [0.2, 0.25) is 0 Å². The van der Waals surface area contributed by atoms with Crippen molar-refractivity contribution < 1.29 is 0 Å². The van der Waals surface area contributed by atoms with Gasteiger partial charge in [0.1, 0.15) is 0 Å². The summed E-state index contributed by atoms with van der Waals surface area (Å²) in [5.41, 5.74) is 24.2. The zero-order chi connectivity index (χ0) is 47.5. The third-order valence-corrected chi connectivity index (χ3v) is 13.8. The largest absolute Gasteiger partial charge is 0.355 e. The monoisotopic (exact) mass is 907 g/mol. The number of nitrogens with zero attached hydrogens (tertiary/aromatic N) is 2. The molecule has 0 unspecified atom stereocenters. The minimum absolute atomic E-state index is 0.753. The van der Waals surface area contributed by atoms with Crippen molar-refractivity contribution in [2.45, 2.75) is 6.92 Å². The molecule has 1 aliphatic heterocycles. The minimum Gasteiger partial charge on any atom is -0.355 e. The van der Waals surface area contributed by atoms with Crippen molar-refractivity contribution >= 4 is 63.7 Å². The Bertz CT molecular complexity index is 3610. The van der Waals surface area contributed by atoms with Gasteiger partial charge in [-0.05, 0) is 147 Å². The van der Waals surface area contributed by atoms with E-state index < -0.39 is 0 Å². The highest BCUT2D eigenvalue weighted by Gasteiger charge is 2.30. The van der Waals surface area contributed by atoms with E-state index >= 15 is 0 Å². The zero-order valence-corrected chi connectivity index (χ0v) is 39.6. The Labute approximate surface area is 417 Å². The van der Waals surface area contributed by atoms with Gasteiger partial charge in [0.15, 0.2) is 7.28 Å². The number of fused-ring (bicyclic) bond motifs is 2. The van der Waals surface area contributed by atoms with Gasteiger partial charge in [-0.1, -0.05) is 200 Å². The number of para-hydroxylation sites is 2. The van der Waals surface area contributed by atoms with Crippen LogP contribution in [0.2, 0.25) is 0 Å². The molecule has 0 radical (unpaired) electrons. The van der Waals surface area contributed by atoms with Crippen molar-refractivity contribution in [1.29, 1.82) is 0 Å². The third kappa shape index (κ3) is 8.69. The lowest BCUT2D eigenvalue weighted by molar-refractivity contribution is 1.28. The normalized spacial score (nSPS) is 11.5. The number of hydrogen-bond donors (Lipinski definition) is 1. The van der Waals surface area contributed by atoms with Crippen molar-refractivity contribution in [1.82, 2.24) is 0 Å². The number of aryl methyl sites for hydroxylation is 1. The van der Waals surface area contributed by atoms with E-state index in [1.807, 2.05) is 0 Å². The second-order valence-corrected chi connectivity index (χ2v) is 18.3. The van der Waals surface area contributed by atoms with Crippen molar-refractivity contribution in [2.24, 2.45) is 0 Å². The molecule has 0 aliphatic carbocycles. The number of hydrogen-bond acceptors (Lipinski definition) is 3. The molecule has 0 aromatic heterocycles. The molecule has 0 atom stereocenters. The molecule has 11 aromatic rings. The van der Waals surface area contributed by atoms with Crippen molar-refractivity contribution in [3.05, 3.63) is 279 Å². The zero-order valence-electron chi connectivity index (χ0n) is 39.6. The first-order chi connectivity index (χ1) is 35.1. The van der Waals surface area contributed by atoms with Gasteiger partial charge in [-0.3, -0.25) is 0 Å². The van der Waals surface area contributed by atoms with Gasteiger partial charge < -0.3 is 15.1 Å². The molecule has 0 amide bonds. The first-order valence-electron chi connectivity index (χ1n) is 24.5. The predicted molar refractivity (Wildman–Crippen MR) is 304 cm³/mol. The molecule has 71 heavy (non-hydrogen) atoms. The van der Waals surface area contributed by atoms with Gasteiger partial charge in [0.25, 0.3) is 0 Å². The fourth-order valence-corrected chi connectivity index (χ4v) is 10.3. The van der Waals surface area contributed by atoms with E-state index in [1.54, 1.807) is 0 Å². The molecule has 0 spiro atoms. The number of rotatable bonds is 11. The maximum atomic E-state index is 4.03. The van der Waals surface area contributed by atoms with Crippen LogP contribution in [0.1, 0.15) is 5.56 Å². The van der Waals surface area contributed by atoms with Crippen LogP contribution in [0.4, 0.5) is 45.5 Å². The Morgan fingerprint density at radius 3 is 1.52 bits per heavy atom. The highest BCUT2D eigenvalue weighted by molar-refractivity contribution is 6.73. The lowest BCUT2D eigenvalue weighted by atomic mass is 9.57. The fourth-order valence-electron chi connectivity index (χ4n) is 10.3. The summed E-state index contributed by atoms with van der Waals surface area (Å²) in [6.45, 7) is 2.22. The summed E-state index contributed by atoms with van der Waals surface area (Å²) in [5.74, 6) is 0. The van der Waals surface area contributed by atoms with E-state index in [0.717, 1.165) is 52.5 Å². The Morgan fingerprint density at radius 1 is 0.352 bits per heavy atom. The van der Waals surface area contributed by atoms with Gasteiger partial charge in [-0.25, -0.2) is 0 Å². The van der Waals surface area contributed by atoms with Crippen LogP contribution in [0.3, 0.4) is 0 Å². The van der Waals surface area contributed by atoms with Crippen LogP contribution in [0.25, 0.3) is 55.6 Å². The summed E-state index contributed by atoms with van der Waals surface area (Å²) in [5, 5.41) is 4.03. The van der Waals surface area contributed by atoms with Crippen LogP contribution in [0.5, 0.6) is 0 Å². The summed E-state index contributed by atoms with van der Waals surface area (Å²) < 4.78 is 0. The van der Waals surface area contributed by atoms with Crippen LogP contribution >= 0.6 is 0 Å². The molecule has 0 bridgehead atoms. The highest BCUT2D eigenvalue weighted by Crippen LogP contribution is 2.45. The molecule has 0 fully saturated rings. The molecule has 336 valence electrons. The number of anilines is 8. The maximum absolute atomic E-state index is 4.03. The minimum atomic E-state index is 0.753. The van der Waals surface area contributed by atoms with E-state index in [1.165, 1.54) is 72.4 Å². The Hall–Kier alpha value is -9.12. The fraction of sp³-hybridized carbons (Fsp3) is 0.0149. The quantitative estimate of drug-likeness (QED) is 0.130. The van der Waals surface area contributed by atoms with E-state index in [2.05, 4.69) is 295 Å². The molecule has 11 aromatic carbocycles. The molecular formula is C67H50BN3. The first kappa shape index (κ1) is 43.2. The molecule has 0 saturated heterocycles. The maximum Gasteiger partial charge on any atom is 0.198 e. The standard InChI is InChI=1S/C67H50BN3/c1-47-21-17-18-36-60(47)54-43-62(67-66(45-54)71(58-35-20-29-52(42-58)49-24-9-3-10-25-49)65-44-53(37-40-63(65)68-67)50-26-11-4-12-27-50)61-39-38-59(70(56-31-13-5-14-32-56)57-33-15-6-16-34-57)46-64(61)69-55-30-19-28-51(41-55)48-22-7-2-8-23-48/h2-46,68-69H,1H3. The molecule has 1 aliphatic rings. The van der Waals surface area contributed by atoms with Crippen LogP contribution in [0, 0.1) is 6.92 Å². The van der Waals surface area contributed by atoms with E-state index in [0.29, 0.717) is 0 Å². The van der Waals surface area contributed by atoms with Crippen LogP contribution in [-0.2, 0) is 0 Å². The summed E-state index contributed by atoms with van der Waals surface area (Å²) >= 11 is 0. The Morgan fingerprint density at radius 2 is 0.887 bits per heavy atom. The highest BCUT2D eigenvalue weighted by atomic mass is 15.2. The van der Waals surface area contributed by atoms with Gasteiger partial charge in [-0.15, -0.1) is 0 Å². The topological polar surface area (TPSA) is 18.5 Å². The number of nitrogens with one attached hydrogen (secondary N) is 1. The van der Waals surface area contributed by atoms with Gasteiger partial charge in [-0.2, -0.15) is 0 Å². The lowest BCUT2D eigenvalue weighted by Gasteiger charge is -2.36. The average Bonchev–Trinajstić information content (AvgIpc) is 3.44. The first-order valence-corrected chi connectivity index (χ1v) is 24.5. The molecular weight excluding hydrogens is 858 g/mol. The summed E-state index contributed by atoms with van der Waals surface area (Å²) in [4.78, 5) is 4.87. The van der Waals surface area contributed by atoms with Crippen molar-refractivity contribution in [3.63, 3.8) is 0 Å². The van der Waals surface area contributed by atoms with Crippen molar-refractivity contribution in [2.75, 3.05) is 15.1 Å². The summed E-state index contributed by atoms with van der Waals surface area (Å²) in [6, 6.07) is 98.9. The SMILES string of the molecule is Cc1ccccc1-c1cc(-c2ccc(N(c3ccccc3)c3ccccc3)cc2Nc2cccc(-c3ccccc3)c2)c2c(c1)N(c1cccc(-c3ccccc3)c1)c1cc(-c3ccccc3)ccc1B2. The third-order valence-electron chi connectivity index (χ3n) is 13.8. The number of benzene rings is 11. The molecule has 12 rings (SSSR count). The van der Waals surface area contributed by atoms with E-state index in [4.69, 9.17) is 0 Å². The van der Waals surface area contributed by atoms with Crippen LogP contribution < -0.4 is 26.0 Å². The van der Waals surface area contributed by atoms with E-state index in [9.17, 15) is 0 Å². The molecule has 1 heterocycles. The van der Waals surface area contributed by atoms with Gasteiger partial charge >= 0.3 is 0 Å². The second kappa shape index (κ2) is 19.1. The molecule has 3 nitrogen and oxygen atoms in total. The lowest BCUT2D eigenvalue weighted by Crippen LogP contribution is -2.41. The molecule has 1 N–H and O–H groups in total. The smallest absolute Gasteiger partial charge is 0.198 e. The van der Waals surface area contributed by atoms with Crippen LogP contribution in [0.15, 0.2) is 273 Å². The molecule has 4 heteroatoms. The van der Waals surface area contributed by atoms with Gasteiger partial charge in [0, 0.05) is 51.1 Å². The average molecular weight is 908 g/mol. The second-order valence-electron chi connectivity index (χ2n) is 18.3. The van der Waals surface area contributed by atoms with Crippen molar-refractivity contribution in [3.8, 4) is 55.6 Å². The van der Waals surface area contributed by atoms with Crippen LogP contribution in [-0.4, -0.2) is 7.28 Å². The predicted octanol–water partition coefficient (Wildman–Crippen LogP) is 16.7. The Balaban J connectivity index is 1.11.